The molecule has 21 heavy (non-hydrogen) atoms. The molecule has 3 aromatic rings. The standard InChI is InChI=1S/C17H18N4/c1-18-17(12-14-6-5-10-19-13-14)16-9-11-21(20-16)15-7-3-2-4-8-15/h2-11,13,17-18H,12H2,1H3. The molecule has 2 heterocycles. The van der Waals surface area contributed by atoms with Crippen LogP contribution in [0, 0.1) is 0 Å². The number of aromatic nitrogens is 3. The molecule has 1 N–H and O–H groups in total. The zero-order chi connectivity index (χ0) is 14.5. The van der Waals surface area contributed by atoms with E-state index in [2.05, 4.69) is 27.5 Å². The van der Waals surface area contributed by atoms with Gasteiger partial charge in [0.25, 0.3) is 0 Å². The molecule has 106 valence electrons. The smallest absolute Gasteiger partial charge is 0.0801 e. The number of benzene rings is 1. The van der Waals surface area contributed by atoms with E-state index < -0.39 is 0 Å². The zero-order valence-electron chi connectivity index (χ0n) is 12.0. The van der Waals surface area contributed by atoms with Gasteiger partial charge in [0.15, 0.2) is 0 Å². The van der Waals surface area contributed by atoms with Crippen molar-refractivity contribution >= 4 is 0 Å². The van der Waals surface area contributed by atoms with E-state index in [4.69, 9.17) is 0 Å². The average molecular weight is 278 g/mol. The minimum absolute atomic E-state index is 0.180. The van der Waals surface area contributed by atoms with Crippen LogP contribution in [0.3, 0.4) is 0 Å². The highest BCUT2D eigenvalue weighted by Crippen LogP contribution is 2.17. The van der Waals surface area contributed by atoms with Gasteiger partial charge in [0.2, 0.25) is 0 Å². The van der Waals surface area contributed by atoms with Crippen LogP contribution in [0.15, 0.2) is 67.1 Å². The Morgan fingerprint density at radius 2 is 1.95 bits per heavy atom. The molecule has 0 bridgehead atoms. The van der Waals surface area contributed by atoms with Crippen molar-refractivity contribution in [3.05, 3.63) is 78.4 Å². The third kappa shape index (κ3) is 3.17. The van der Waals surface area contributed by atoms with E-state index >= 15 is 0 Å². The summed E-state index contributed by atoms with van der Waals surface area (Å²) in [6.45, 7) is 0. The van der Waals surface area contributed by atoms with Gasteiger partial charge >= 0.3 is 0 Å². The summed E-state index contributed by atoms with van der Waals surface area (Å²) < 4.78 is 1.91. The second-order valence-corrected chi connectivity index (χ2v) is 4.93. The second-order valence-electron chi connectivity index (χ2n) is 4.93. The first-order valence-corrected chi connectivity index (χ1v) is 7.04. The number of likely N-dealkylation sites (N-methyl/N-ethyl adjacent to an activating group) is 1. The lowest BCUT2D eigenvalue weighted by Crippen LogP contribution is -2.19. The van der Waals surface area contributed by atoms with E-state index in [0.29, 0.717) is 0 Å². The van der Waals surface area contributed by atoms with Crippen molar-refractivity contribution in [2.45, 2.75) is 12.5 Å². The molecule has 0 aliphatic rings. The van der Waals surface area contributed by atoms with Crippen LogP contribution in [0.5, 0.6) is 0 Å². The maximum Gasteiger partial charge on any atom is 0.0801 e. The third-order valence-corrected chi connectivity index (χ3v) is 3.50. The monoisotopic (exact) mass is 278 g/mol. The minimum Gasteiger partial charge on any atom is -0.311 e. The van der Waals surface area contributed by atoms with Crippen LogP contribution < -0.4 is 5.32 Å². The molecule has 0 fully saturated rings. The van der Waals surface area contributed by atoms with E-state index in [1.807, 2.05) is 60.5 Å². The van der Waals surface area contributed by atoms with Gasteiger partial charge in [-0.25, -0.2) is 4.68 Å². The van der Waals surface area contributed by atoms with Crippen LogP contribution >= 0.6 is 0 Å². The molecule has 4 heteroatoms. The number of hydrogen-bond acceptors (Lipinski definition) is 3. The number of nitrogens with one attached hydrogen (secondary N) is 1. The Kier molecular flexibility index (Phi) is 4.07. The van der Waals surface area contributed by atoms with Crippen LogP contribution in [0.25, 0.3) is 5.69 Å². The predicted octanol–water partition coefficient (Wildman–Crippen LogP) is 2.77. The van der Waals surface area contributed by atoms with Crippen molar-refractivity contribution in [1.29, 1.82) is 0 Å². The molecule has 1 atom stereocenters. The van der Waals surface area contributed by atoms with E-state index in [9.17, 15) is 0 Å². The van der Waals surface area contributed by atoms with E-state index in [-0.39, 0.29) is 6.04 Å². The van der Waals surface area contributed by atoms with Crippen molar-refractivity contribution in [2.75, 3.05) is 7.05 Å². The normalized spacial score (nSPS) is 12.2. The summed E-state index contributed by atoms with van der Waals surface area (Å²) in [6.07, 6.45) is 6.56. The molecule has 4 nitrogen and oxygen atoms in total. The molecule has 0 saturated carbocycles. The van der Waals surface area contributed by atoms with E-state index in [1.165, 1.54) is 5.56 Å². The molecule has 3 rings (SSSR count). The summed E-state index contributed by atoms with van der Waals surface area (Å²) in [5.41, 5.74) is 3.30. The molecule has 0 spiro atoms. The minimum atomic E-state index is 0.180. The lowest BCUT2D eigenvalue weighted by Gasteiger charge is -2.13. The fourth-order valence-corrected chi connectivity index (χ4v) is 2.36. The summed E-state index contributed by atoms with van der Waals surface area (Å²) in [6, 6.07) is 16.4. The summed E-state index contributed by atoms with van der Waals surface area (Å²) in [7, 11) is 1.96. The Labute approximate surface area is 124 Å². The molecule has 2 aromatic heterocycles. The summed E-state index contributed by atoms with van der Waals surface area (Å²) >= 11 is 0. The van der Waals surface area contributed by atoms with Crippen LogP contribution in [-0.2, 0) is 6.42 Å². The average Bonchev–Trinajstić information content (AvgIpc) is 3.04. The Bertz CT molecular complexity index is 676. The van der Waals surface area contributed by atoms with Crippen molar-refractivity contribution in [1.82, 2.24) is 20.1 Å². The molecule has 0 aliphatic carbocycles. The van der Waals surface area contributed by atoms with Gasteiger partial charge in [-0.1, -0.05) is 24.3 Å². The van der Waals surface area contributed by atoms with Gasteiger partial charge in [0, 0.05) is 18.6 Å². The van der Waals surface area contributed by atoms with Gasteiger partial charge in [0.1, 0.15) is 0 Å². The van der Waals surface area contributed by atoms with Crippen LogP contribution in [0.1, 0.15) is 17.3 Å². The van der Waals surface area contributed by atoms with E-state index in [1.54, 1.807) is 6.20 Å². The Hall–Kier alpha value is -2.46. The van der Waals surface area contributed by atoms with Crippen LogP contribution in [0.2, 0.25) is 0 Å². The lowest BCUT2D eigenvalue weighted by atomic mass is 10.1. The zero-order valence-corrected chi connectivity index (χ0v) is 12.0. The van der Waals surface area contributed by atoms with E-state index in [0.717, 1.165) is 17.8 Å². The number of hydrogen-bond donors (Lipinski definition) is 1. The topological polar surface area (TPSA) is 42.7 Å². The largest absolute Gasteiger partial charge is 0.311 e. The highest BCUT2D eigenvalue weighted by Gasteiger charge is 2.13. The Morgan fingerprint density at radius 3 is 2.67 bits per heavy atom. The SMILES string of the molecule is CNC(Cc1cccnc1)c1ccn(-c2ccccc2)n1. The summed E-state index contributed by atoms with van der Waals surface area (Å²) in [4.78, 5) is 4.17. The molecule has 0 radical (unpaired) electrons. The number of rotatable bonds is 5. The predicted molar refractivity (Wildman–Crippen MR) is 83.3 cm³/mol. The fraction of sp³-hybridized carbons (Fsp3) is 0.176. The maximum absolute atomic E-state index is 4.68. The van der Waals surface area contributed by atoms with Crippen molar-refractivity contribution in [2.24, 2.45) is 0 Å². The molecular formula is C17H18N4. The molecule has 0 saturated heterocycles. The number of nitrogens with zero attached hydrogens (tertiary/aromatic N) is 3. The first-order chi connectivity index (χ1) is 10.4. The maximum atomic E-state index is 4.68. The van der Waals surface area contributed by atoms with Gasteiger partial charge in [0.05, 0.1) is 17.4 Å². The molecule has 1 aromatic carbocycles. The molecular weight excluding hydrogens is 260 g/mol. The third-order valence-electron chi connectivity index (χ3n) is 3.50. The number of para-hydroxylation sites is 1. The lowest BCUT2D eigenvalue weighted by molar-refractivity contribution is 0.568. The first kappa shape index (κ1) is 13.5. The highest BCUT2D eigenvalue weighted by atomic mass is 15.3. The summed E-state index contributed by atoms with van der Waals surface area (Å²) in [5, 5.41) is 8.01. The second kappa shape index (κ2) is 6.33. The van der Waals surface area contributed by atoms with Crippen molar-refractivity contribution in [3.8, 4) is 5.69 Å². The summed E-state index contributed by atoms with van der Waals surface area (Å²) in [5.74, 6) is 0. The molecule has 0 aliphatic heterocycles. The molecule has 1 unspecified atom stereocenters. The van der Waals surface area contributed by atoms with Gasteiger partial charge < -0.3 is 5.32 Å². The van der Waals surface area contributed by atoms with Gasteiger partial charge in [-0.05, 0) is 43.3 Å². The fourth-order valence-electron chi connectivity index (χ4n) is 2.36. The van der Waals surface area contributed by atoms with Gasteiger partial charge in [-0.2, -0.15) is 5.10 Å². The van der Waals surface area contributed by atoms with Crippen molar-refractivity contribution < 1.29 is 0 Å². The molecule has 0 amide bonds. The van der Waals surface area contributed by atoms with Gasteiger partial charge in [-0.15, -0.1) is 0 Å². The van der Waals surface area contributed by atoms with Gasteiger partial charge in [-0.3, -0.25) is 4.98 Å². The quantitative estimate of drug-likeness (QED) is 0.780. The highest BCUT2D eigenvalue weighted by molar-refractivity contribution is 5.31. The Balaban J connectivity index is 1.81. The Morgan fingerprint density at radius 1 is 1.10 bits per heavy atom. The van der Waals surface area contributed by atoms with Crippen LogP contribution in [-0.4, -0.2) is 21.8 Å². The first-order valence-electron chi connectivity index (χ1n) is 7.04. The van der Waals surface area contributed by atoms with Crippen molar-refractivity contribution in [3.63, 3.8) is 0 Å². The van der Waals surface area contributed by atoms with Crippen LogP contribution in [0.4, 0.5) is 0 Å². The number of pyridine rings is 1.